The summed E-state index contributed by atoms with van der Waals surface area (Å²) in [5, 5.41) is 7.45. The van der Waals surface area contributed by atoms with Gasteiger partial charge in [0.1, 0.15) is 0 Å². The Balaban J connectivity index is 1.53. The van der Waals surface area contributed by atoms with Crippen molar-refractivity contribution >= 4 is 12.0 Å². The SMILES string of the molecule is CCOC(=O)N1CCC(NC(=O)CCn2nc(-c3ccc(C(C)C)cc3)ccc2=O)CC1. The van der Waals surface area contributed by atoms with E-state index in [1.165, 1.54) is 16.3 Å². The highest BCUT2D eigenvalue weighted by Gasteiger charge is 2.24. The molecule has 1 saturated heterocycles. The number of carbonyl (C=O) groups excluding carboxylic acids is 2. The number of nitrogens with zero attached hydrogens (tertiary/aromatic N) is 3. The molecule has 0 spiro atoms. The number of hydrogen-bond donors (Lipinski definition) is 1. The largest absolute Gasteiger partial charge is 0.450 e. The maximum Gasteiger partial charge on any atom is 0.409 e. The summed E-state index contributed by atoms with van der Waals surface area (Å²) in [6.07, 6.45) is 1.23. The number of hydrogen-bond acceptors (Lipinski definition) is 5. The standard InChI is InChI=1S/C24H32N4O4/c1-4-32-24(31)27-14-11-20(12-15-27)25-22(29)13-16-28-23(30)10-9-21(26-28)19-7-5-18(6-8-19)17(2)3/h5-10,17,20H,4,11-16H2,1-3H3,(H,25,29). The minimum atomic E-state index is -0.304. The van der Waals surface area contributed by atoms with E-state index >= 15 is 0 Å². The molecule has 0 bridgehead atoms. The van der Waals surface area contributed by atoms with Gasteiger partial charge in [-0.25, -0.2) is 9.48 Å². The first kappa shape index (κ1) is 23.5. The fourth-order valence-electron chi connectivity index (χ4n) is 3.73. The maximum absolute atomic E-state index is 12.4. The van der Waals surface area contributed by atoms with Gasteiger partial charge in [-0.2, -0.15) is 5.10 Å². The van der Waals surface area contributed by atoms with Gasteiger partial charge in [-0.05, 0) is 37.3 Å². The number of aryl methyl sites for hydroxylation is 1. The Kier molecular flexibility index (Phi) is 8.03. The molecule has 0 aliphatic carbocycles. The van der Waals surface area contributed by atoms with Crippen LogP contribution in [-0.4, -0.2) is 52.4 Å². The van der Waals surface area contributed by atoms with E-state index in [-0.39, 0.29) is 36.6 Å². The summed E-state index contributed by atoms with van der Waals surface area (Å²) in [5.41, 5.74) is 2.64. The van der Waals surface area contributed by atoms with Crippen molar-refractivity contribution in [1.82, 2.24) is 20.0 Å². The molecule has 1 N–H and O–H groups in total. The van der Waals surface area contributed by atoms with Crippen molar-refractivity contribution in [3.05, 3.63) is 52.3 Å². The van der Waals surface area contributed by atoms with Gasteiger partial charge in [-0.15, -0.1) is 0 Å². The van der Waals surface area contributed by atoms with E-state index in [9.17, 15) is 14.4 Å². The molecule has 0 radical (unpaired) electrons. The molecule has 1 aliphatic rings. The second kappa shape index (κ2) is 10.9. The second-order valence-corrected chi connectivity index (χ2v) is 8.33. The first-order valence-electron chi connectivity index (χ1n) is 11.3. The third-order valence-corrected chi connectivity index (χ3v) is 5.68. The van der Waals surface area contributed by atoms with Crippen LogP contribution < -0.4 is 10.9 Å². The normalized spacial score (nSPS) is 14.4. The summed E-state index contributed by atoms with van der Waals surface area (Å²) in [6, 6.07) is 11.4. The molecule has 3 rings (SSSR count). The van der Waals surface area contributed by atoms with Crippen LogP contribution in [0.25, 0.3) is 11.3 Å². The van der Waals surface area contributed by atoms with Crippen LogP contribution in [0.1, 0.15) is 51.5 Å². The van der Waals surface area contributed by atoms with Crippen LogP contribution in [-0.2, 0) is 16.1 Å². The highest BCUT2D eigenvalue weighted by atomic mass is 16.6. The van der Waals surface area contributed by atoms with E-state index in [2.05, 4.69) is 36.4 Å². The van der Waals surface area contributed by atoms with Crippen LogP contribution in [0.15, 0.2) is 41.2 Å². The fraction of sp³-hybridized carbons (Fsp3) is 0.500. The molecule has 8 nitrogen and oxygen atoms in total. The van der Waals surface area contributed by atoms with Crippen molar-refractivity contribution in [2.75, 3.05) is 19.7 Å². The number of rotatable bonds is 7. The Morgan fingerprint density at radius 2 is 1.81 bits per heavy atom. The predicted octanol–water partition coefficient (Wildman–Crippen LogP) is 3.16. The third kappa shape index (κ3) is 6.18. The van der Waals surface area contributed by atoms with Crippen LogP contribution >= 0.6 is 0 Å². The van der Waals surface area contributed by atoms with Gasteiger partial charge in [0.25, 0.3) is 5.56 Å². The van der Waals surface area contributed by atoms with Crippen molar-refractivity contribution in [3.63, 3.8) is 0 Å². The minimum Gasteiger partial charge on any atom is -0.450 e. The average molecular weight is 441 g/mol. The molecule has 1 aromatic carbocycles. The number of amides is 2. The highest BCUT2D eigenvalue weighted by molar-refractivity contribution is 5.76. The smallest absolute Gasteiger partial charge is 0.409 e. The number of benzene rings is 1. The Bertz CT molecular complexity index is 976. The van der Waals surface area contributed by atoms with Gasteiger partial charge in [0, 0.05) is 37.2 Å². The van der Waals surface area contributed by atoms with Gasteiger partial charge < -0.3 is 15.0 Å². The zero-order valence-corrected chi connectivity index (χ0v) is 19.0. The molecular formula is C24H32N4O4. The molecular weight excluding hydrogens is 408 g/mol. The lowest BCUT2D eigenvalue weighted by molar-refractivity contribution is -0.122. The molecule has 8 heteroatoms. The number of likely N-dealkylation sites (tertiary alicyclic amines) is 1. The molecule has 2 aromatic rings. The summed E-state index contributed by atoms with van der Waals surface area (Å²) in [7, 11) is 0. The molecule has 172 valence electrons. The molecule has 1 aliphatic heterocycles. The number of ether oxygens (including phenoxy) is 1. The maximum atomic E-state index is 12.4. The predicted molar refractivity (Wildman–Crippen MR) is 122 cm³/mol. The molecule has 1 aromatic heterocycles. The Hall–Kier alpha value is -3.16. The zero-order valence-electron chi connectivity index (χ0n) is 19.0. The topological polar surface area (TPSA) is 93.5 Å². The molecule has 32 heavy (non-hydrogen) atoms. The van der Waals surface area contributed by atoms with Gasteiger partial charge in [0.15, 0.2) is 0 Å². The van der Waals surface area contributed by atoms with Crippen LogP contribution in [0, 0.1) is 0 Å². The molecule has 0 saturated carbocycles. The van der Waals surface area contributed by atoms with Crippen LogP contribution in [0.2, 0.25) is 0 Å². The van der Waals surface area contributed by atoms with Gasteiger partial charge >= 0.3 is 6.09 Å². The first-order chi connectivity index (χ1) is 15.4. The van der Waals surface area contributed by atoms with E-state index in [1.807, 2.05) is 12.1 Å². The lowest BCUT2D eigenvalue weighted by Gasteiger charge is -2.31. The van der Waals surface area contributed by atoms with E-state index in [0.29, 0.717) is 44.1 Å². The van der Waals surface area contributed by atoms with Crippen molar-refractivity contribution in [1.29, 1.82) is 0 Å². The summed E-state index contributed by atoms with van der Waals surface area (Å²) in [5.74, 6) is 0.321. The summed E-state index contributed by atoms with van der Waals surface area (Å²) < 4.78 is 6.36. The summed E-state index contributed by atoms with van der Waals surface area (Å²) in [4.78, 5) is 38.1. The fourth-order valence-corrected chi connectivity index (χ4v) is 3.73. The van der Waals surface area contributed by atoms with Gasteiger partial charge in [-0.3, -0.25) is 9.59 Å². The number of nitrogens with one attached hydrogen (secondary N) is 1. The summed E-state index contributed by atoms with van der Waals surface area (Å²) >= 11 is 0. The van der Waals surface area contributed by atoms with E-state index in [0.717, 1.165) is 5.56 Å². The van der Waals surface area contributed by atoms with Crippen molar-refractivity contribution < 1.29 is 14.3 Å². The highest BCUT2D eigenvalue weighted by Crippen LogP contribution is 2.20. The molecule has 1 fully saturated rings. The zero-order chi connectivity index (χ0) is 23.1. The lowest BCUT2D eigenvalue weighted by Crippen LogP contribution is -2.46. The van der Waals surface area contributed by atoms with Crippen molar-refractivity contribution in [2.24, 2.45) is 0 Å². The van der Waals surface area contributed by atoms with E-state index in [1.54, 1.807) is 17.9 Å². The number of carbonyl (C=O) groups is 2. The Morgan fingerprint density at radius 3 is 2.44 bits per heavy atom. The second-order valence-electron chi connectivity index (χ2n) is 8.33. The number of piperidine rings is 1. The molecule has 2 amide bonds. The van der Waals surface area contributed by atoms with Crippen LogP contribution in [0.3, 0.4) is 0 Å². The quantitative estimate of drug-likeness (QED) is 0.714. The van der Waals surface area contributed by atoms with E-state index in [4.69, 9.17) is 4.74 Å². The molecule has 2 heterocycles. The Labute approximate surface area is 188 Å². The molecule has 0 atom stereocenters. The van der Waals surface area contributed by atoms with Crippen molar-refractivity contribution in [2.45, 2.75) is 58.5 Å². The first-order valence-corrected chi connectivity index (χ1v) is 11.3. The molecule has 0 unspecified atom stereocenters. The minimum absolute atomic E-state index is 0.0173. The van der Waals surface area contributed by atoms with Gasteiger partial charge in [0.2, 0.25) is 5.91 Å². The Morgan fingerprint density at radius 1 is 1.12 bits per heavy atom. The lowest BCUT2D eigenvalue weighted by atomic mass is 10.0. The van der Waals surface area contributed by atoms with Crippen LogP contribution in [0.5, 0.6) is 0 Å². The number of aromatic nitrogens is 2. The van der Waals surface area contributed by atoms with Crippen LogP contribution in [0.4, 0.5) is 4.79 Å². The average Bonchev–Trinajstić information content (AvgIpc) is 2.79. The van der Waals surface area contributed by atoms with E-state index < -0.39 is 0 Å². The third-order valence-electron chi connectivity index (χ3n) is 5.68. The monoisotopic (exact) mass is 440 g/mol. The van der Waals surface area contributed by atoms with Gasteiger partial charge in [0.05, 0.1) is 18.8 Å². The van der Waals surface area contributed by atoms with Gasteiger partial charge in [-0.1, -0.05) is 38.1 Å². The van der Waals surface area contributed by atoms with Crippen molar-refractivity contribution in [3.8, 4) is 11.3 Å². The summed E-state index contributed by atoms with van der Waals surface area (Å²) in [6.45, 7) is 7.75.